The number of methoxy groups -OCH3 is 1. The minimum absolute atomic E-state index is 0.750. The number of anilines is 2. The van der Waals surface area contributed by atoms with E-state index in [4.69, 9.17) is 9.72 Å². The molecule has 122 valence electrons. The molecule has 6 nitrogen and oxygen atoms in total. The molecule has 0 amide bonds. The minimum Gasteiger partial charge on any atom is -0.497 e. The largest absolute Gasteiger partial charge is 0.497 e. The standard InChI is InChI=1S/C19H15N5O/c1-25-13-3-5-17-14(9-13)15-10-21-24-18(15)19(23-17)22-12-2-4-16-11(8-12)6-7-20-16/h2-10,20H,1H3,(H,21,24)(H,22,23). The van der Waals surface area contributed by atoms with Crippen LogP contribution in [0.5, 0.6) is 5.75 Å². The summed E-state index contributed by atoms with van der Waals surface area (Å²) in [6.07, 6.45) is 3.75. The Morgan fingerprint density at radius 3 is 2.92 bits per heavy atom. The van der Waals surface area contributed by atoms with E-state index in [-0.39, 0.29) is 0 Å². The summed E-state index contributed by atoms with van der Waals surface area (Å²) in [5, 5.41) is 13.8. The van der Waals surface area contributed by atoms with Crippen molar-refractivity contribution in [3.8, 4) is 5.75 Å². The van der Waals surface area contributed by atoms with E-state index in [1.807, 2.05) is 48.8 Å². The molecule has 6 heteroatoms. The monoisotopic (exact) mass is 329 g/mol. The third kappa shape index (κ3) is 2.19. The molecule has 0 aliphatic rings. The Balaban J connectivity index is 1.67. The van der Waals surface area contributed by atoms with Gasteiger partial charge in [-0.2, -0.15) is 5.10 Å². The van der Waals surface area contributed by atoms with Gasteiger partial charge in [0.25, 0.3) is 0 Å². The predicted octanol–water partition coefficient (Wildman–Crippen LogP) is 4.34. The third-order valence-corrected chi connectivity index (χ3v) is 4.42. The first-order valence-electron chi connectivity index (χ1n) is 7.97. The van der Waals surface area contributed by atoms with E-state index in [0.717, 1.165) is 50.0 Å². The zero-order chi connectivity index (χ0) is 16.8. The molecule has 3 aromatic heterocycles. The number of hydrogen-bond acceptors (Lipinski definition) is 4. The number of hydrogen-bond donors (Lipinski definition) is 3. The quantitative estimate of drug-likeness (QED) is 0.460. The Hall–Kier alpha value is -3.54. The van der Waals surface area contributed by atoms with Crippen LogP contribution in [0.2, 0.25) is 0 Å². The van der Waals surface area contributed by atoms with Crippen LogP contribution in [0.3, 0.4) is 0 Å². The first-order valence-corrected chi connectivity index (χ1v) is 7.97. The third-order valence-electron chi connectivity index (χ3n) is 4.42. The number of H-pyrrole nitrogens is 2. The van der Waals surface area contributed by atoms with Crippen molar-refractivity contribution in [2.75, 3.05) is 12.4 Å². The normalized spacial score (nSPS) is 11.4. The summed E-state index contributed by atoms with van der Waals surface area (Å²) in [7, 11) is 1.66. The molecular weight excluding hydrogens is 314 g/mol. The Morgan fingerprint density at radius 2 is 2.00 bits per heavy atom. The zero-order valence-electron chi connectivity index (χ0n) is 13.5. The summed E-state index contributed by atoms with van der Waals surface area (Å²) in [6.45, 7) is 0. The highest BCUT2D eigenvalue weighted by molar-refractivity contribution is 6.09. The molecule has 0 spiro atoms. The lowest BCUT2D eigenvalue weighted by atomic mass is 10.1. The van der Waals surface area contributed by atoms with E-state index in [1.54, 1.807) is 7.11 Å². The molecule has 25 heavy (non-hydrogen) atoms. The molecule has 2 aromatic carbocycles. The molecule has 0 saturated heterocycles. The molecule has 3 heterocycles. The highest BCUT2D eigenvalue weighted by atomic mass is 16.5. The van der Waals surface area contributed by atoms with Crippen LogP contribution in [0.4, 0.5) is 11.5 Å². The van der Waals surface area contributed by atoms with Crippen LogP contribution in [0.15, 0.2) is 54.9 Å². The number of aromatic amines is 2. The van der Waals surface area contributed by atoms with E-state index >= 15 is 0 Å². The van der Waals surface area contributed by atoms with Gasteiger partial charge in [-0.1, -0.05) is 0 Å². The average molecular weight is 329 g/mol. The summed E-state index contributed by atoms with van der Waals surface area (Å²) in [5.41, 5.74) is 3.84. The number of fused-ring (bicyclic) bond motifs is 4. The number of ether oxygens (including phenoxy) is 1. The van der Waals surface area contributed by atoms with Gasteiger partial charge in [0, 0.05) is 33.6 Å². The van der Waals surface area contributed by atoms with Crippen LogP contribution in [0, 0.1) is 0 Å². The van der Waals surface area contributed by atoms with Crippen LogP contribution in [-0.2, 0) is 0 Å². The van der Waals surface area contributed by atoms with E-state index in [9.17, 15) is 0 Å². The van der Waals surface area contributed by atoms with Gasteiger partial charge < -0.3 is 15.0 Å². The van der Waals surface area contributed by atoms with E-state index in [1.165, 1.54) is 0 Å². The second kappa shape index (κ2) is 5.24. The fourth-order valence-electron chi connectivity index (χ4n) is 3.16. The number of rotatable bonds is 3. The highest BCUT2D eigenvalue weighted by Crippen LogP contribution is 2.32. The van der Waals surface area contributed by atoms with Crippen LogP contribution in [0.1, 0.15) is 0 Å². The van der Waals surface area contributed by atoms with Crippen molar-refractivity contribution in [2.45, 2.75) is 0 Å². The number of nitrogens with zero attached hydrogens (tertiary/aromatic N) is 2. The summed E-state index contributed by atoms with van der Waals surface area (Å²) < 4.78 is 5.33. The van der Waals surface area contributed by atoms with E-state index in [2.05, 4.69) is 26.6 Å². The first kappa shape index (κ1) is 13.9. The second-order valence-corrected chi connectivity index (χ2v) is 5.91. The number of nitrogens with one attached hydrogen (secondary N) is 3. The van der Waals surface area contributed by atoms with Gasteiger partial charge in [0.1, 0.15) is 11.3 Å². The van der Waals surface area contributed by atoms with Crippen LogP contribution in [0.25, 0.3) is 32.7 Å². The second-order valence-electron chi connectivity index (χ2n) is 5.91. The fraction of sp³-hybridized carbons (Fsp3) is 0.0526. The molecule has 0 bridgehead atoms. The summed E-state index contributed by atoms with van der Waals surface area (Å²) in [6, 6.07) is 14.1. The Bertz CT molecular complexity index is 1220. The summed E-state index contributed by atoms with van der Waals surface area (Å²) in [5.74, 6) is 1.55. The van der Waals surface area contributed by atoms with E-state index < -0.39 is 0 Å². The molecule has 0 fully saturated rings. The van der Waals surface area contributed by atoms with Crippen LogP contribution in [-0.4, -0.2) is 27.3 Å². The molecule has 5 rings (SSSR count). The molecule has 0 saturated carbocycles. The number of aromatic nitrogens is 4. The van der Waals surface area contributed by atoms with Crippen molar-refractivity contribution in [1.29, 1.82) is 0 Å². The van der Waals surface area contributed by atoms with Crippen molar-refractivity contribution >= 4 is 44.2 Å². The molecule has 0 atom stereocenters. The molecule has 5 aromatic rings. The SMILES string of the molecule is COc1ccc2nc(Nc3ccc4[nH]ccc4c3)c3[nH]ncc3c2c1. The molecular formula is C19H15N5O. The van der Waals surface area contributed by atoms with Gasteiger partial charge in [0.15, 0.2) is 5.82 Å². The summed E-state index contributed by atoms with van der Waals surface area (Å²) >= 11 is 0. The van der Waals surface area contributed by atoms with Gasteiger partial charge >= 0.3 is 0 Å². The lowest BCUT2D eigenvalue weighted by Crippen LogP contribution is -1.96. The minimum atomic E-state index is 0.750. The molecule has 3 N–H and O–H groups in total. The maximum Gasteiger partial charge on any atom is 0.157 e. The zero-order valence-corrected chi connectivity index (χ0v) is 13.5. The molecule has 0 aliphatic carbocycles. The lowest BCUT2D eigenvalue weighted by Gasteiger charge is -2.10. The van der Waals surface area contributed by atoms with Crippen LogP contribution >= 0.6 is 0 Å². The number of pyridine rings is 1. The Morgan fingerprint density at radius 1 is 1.04 bits per heavy atom. The fourth-order valence-corrected chi connectivity index (χ4v) is 3.16. The Kier molecular flexibility index (Phi) is 2.90. The van der Waals surface area contributed by atoms with Gasteiger partial charge in [-0.05, 0) is 42.5 Å². The maximum absolute atomic E-state index is 5.33. The molecule has 0 radical (unpaired) electrons. The van der Waals surface area contributed by atoms with Gasteiger partial charge in [0.2, 0.25) is 0 Å². The highest BCUT2D eigenvalue weighted by Gasteiger charge is 2.11. The topological polar surface area (TPSA) is 78.6 Å². The number of benzene rings is 2. The van der Waals surface area contributed by atoms with Gasteiger partial charge in [-0.3, -0.25) is 5.10 Å². The molecule has 0 unspecified atom stereocenters. The van der Waals surface area contributed by atoms with Gasteiger partial charge in [-0.25, -0.2) is 4.98 Å². The average Bonchev–Trinajstić information content (AvgIpc) is 3.30. The predicted molar refractivity (Wildman–Crippen MR) is 99.5 cm³/mol. The van der Waals surface area contributed by atoms with Crippen molar-refractivity contribution in [2.24, 2.45) is 0 Å². The lowest BCUT2D eigenvalue weighted by molar-refractivity contribution is 0.415. The van der Waals surface area contributed by atoms with Gasteiger partial charge in [-0.15, -0.1) is 0 Å². The van der Waals surface area contributed by atoms with Crippen LogP contribution < -0.4 is 10.1 Å². The van der Waals surface area contributed by atoms with Crippen molar-refractivity contribution in [3.05, 3.63) is 54.9 Å². The summed E-state index contributed by atoms with van der Waals surface area (Å²) in [4.78, 5) is 7.97. The maximum atomic E-state index is 5.33. The van der Waals surface area contributed by atoms with E-state index in [0.29, 0.717) is 0 Å². The molecule has 0 aliphatic heterocycles. The smallest absolute Gasteiger partial charge is 0.157 e. The first-order chi connectivity index (χ1) is 12.3. The Labute approximate surface area is 142 Å². The van der Waals surface area contributed by atoms with Crippen molar-refractivity contribution in [3.63, 3.8) is 0 Å². The van der Waals surface area contributed by atoms with Gasteiger partial charge in [0.05, 0.1) is 18.8 Å². The van der Waals surface area contributed by atoms with Crippen molar-refractivity contribution < 1.29 is 4.74 Å². The van der Waals surface area contributed by atoms with Crippen molar-refractivity contribution in [1.82, 2.24) is 20.2 Å².